The number of fused-ring (bicyclic) bond motifs is 1. The lowest BCUT2D eigenvalue weighted by Gasteiger charge is -2.17. The second-order valence-corrected chi connectivity index (χ2v) is 6.05. The first-order valence-electron chi connectivity index (χ1n) is 6.69. The van der Waals surface area contributed by atoms with Crippen LogP contribution in [0.2, 0.25) is 0 Å². The third-order valence-corrected chi connectivity index (χ3v) is 4.09. The molecule has 1 unspecified atom stereocenters. The van der Waals surface area contributed by atoms with Crippen LogP contribution in [0.4, 0.5) is 11.4 Å². The fraction of sp³-hybridized carbons (Fsp3) is 0.400. The average Bonchev–Trinajstić information content (AvgIpc) is 2.43. The number of rotatable bonds is 6. The average molecular weight is 275 g/mol. The minimum absolute atomic E-state index is 0.457. The van der Waals surface area contributed by atoms with Crippen LogP contribution in [0.15, 0.2) is 30.6 Å². The molecule has 0 amide bonds. The van der Waals surface area contributed by atoms with Gasteiger partial charge in [0.1, 0.15) is 0 Å². The number of nitrogens with one attached hydrogen (secondary N) is 1. The Morgan fingerprint density at radius 2 is 2.16 bits per heavy atom. The van der Waals surface area contributed by atoms with Gasteiger partial charge in [0.15, 0.2) is 0 Å². The zero-order valence-electron chi connectivity index (χ0n) is 11.5. The number of benzene rings is 1. The van der Waals surface area contributed by atoms with Crippen molar-refractivity contribution in [1.29, 1.82) is 0 Å². The van der Waals surface area contributed by atoms with Crippen molar-refractivity contribution in [2.75, 3.05) is 22.6 Å². The van der Waals surface area contributed by atoms with E-state index in [9.17, 15) is 0 Å². The van der Waals surface area contributed by atoms with Crippen LogP contribution in [0.25, 0.3) is 10.8 Å². The van der Waals surface area contributed by atoms with Crippen LogP contribution in [0, 0.1) is 0 Å². The SMILES string of the molecule is CCSCCC(C)Nc1ccc(N)c2cnccc12. The Balaban J connectivity index is 2.14. The van der Waals surface area contributed by atoms with Crippen molar-refractivity contribution in [1.82, 2.24) is 4.98 Å². The van der Waals surface area contributed by atoms with Crippen LogP contribution in [0.3, 0.4) is 0 Å². The van der Waals surface area contributed by atoms with Gasteiger partial charge < -0.3 is 11.1 Å². The minimum atomic E-state index is 0.457. The largest absolute Gasteiger partial charge is 0.398 e. The molecule has 0 radical (unpaired) electrons. The van der Waals surface area contributed by atoms with Gasteiger partial charge in [-0.1, -0.05) is 6.92 Å². The Morgan fingerprint density at radius 1 is 1.32 bits per heavy atom. The molecule has 1 atom stereocenters. The maximum atomic E-state index is 5.98. The predicted octanol–water partition coefficient (Wildman–Crippen LogP) is 3.76. The fourth-order valence-corrected chi connectivity index (χ4v) is 2.89. The molecule has 0 spiro atoms. The van der Waals surface area contributed by atoms with Gasteiger partial charge in [-0.15, -0.1) is 0 Å². The summed E-state index contributed by atoms with van der Waals surface area (Å²) < 4.78 is 0. The van der Waals surface area contributed by atoms with Crippen molar-refractivity contribution >= 4 is 33.9 Å². The smallest absolute Gasteiger partial charge is 0.0424 e. The number of hydrogen-bond acceptors (Lipinski definition) is 4. The Morgan fingerprint density at radius 3 is 2.95 bits per heavy atom. The van der Waals surface area contributed by atoms with Gasteiger partial charge in [0.05, 0.1) is 0 Å². The van der Waals surface area contributed by atoms with Crippen LogP contribution < -0.4 is 11.1 Å². The Kier molecular flexibility index (Phi) is 4.91. The Bertz CT molecular complexity index is 542. The second kappa shape index (κ2) is 6.66. The van der Waals surface area contributed by atoms with E-state index in [0.29, 0.717) is 6.04 Å². The van der Waals surface area contributed by atoms with Gasteiger partial charge in [0, 0.05) is 40.6 Å². The first kappa shape index (κ1) is 14.0. The van der Waals surface area contributed by atoms with Crippen LogP contribution in [0.5, 0.6) is 0 Å². The molecular formula is C15H21N3S. The van der Waals surface area contributed by atoms with Crippen molar-refractivity contribution in [3.05, 3.63) is 30.6 Å². The van der Waals surface area contributed by atoms with E-state index in [1.807, 2.05) is 36.3 Å². The molecule has 0 saturated heterocycles. The number of hydrogen-bond donors (Lipinski definition) is 2. The number of aromatic nitrogens is 1. The van der Waals surface area contributed by atoms with Gasteiger partial charge in [-0.25, -0.2) is 0 Å². The quantitative estimate of drug-likeness (QED) is 0.622. The van der Waals surface area contributed by atoms with E-state index >= 15 is 0 Å². The lowest BCUT2D eigenvalue weighted by Crippen LogP contribution is -2.16. The summed E-state index contributed by atoms with van der Waals surface area (Å²) in [5.41, 5.74) is 7.90. The molecule has 0 aliphatic rings. The summed E-state index contributed by atoms with van der Waals surface area (Å²) in [6.07, 6.45) is 4.80. The normalized spacial score (nSPS) is 12.5. The molecule has 1 aromatic heterocycles. The molecule has 2 aromatic rings. The van der Waals surface area contributed by atoms with Gasteiger partial charge in [0.2, 0.25) is 0 Å². The summed E-state index contributed by atoms with van der Waals surface area (Å²) in [5.74, 6) is 2.38. The molecule has 3 nitrogen and oxygen atoms in total. The summed E-state index contributed by atoms with van der Waals surface area (Å²) in [5, 5.41) is 5.73. The van der Waals surface area contributed by atoms with E-state index in [-0.39, 0.29) is 0 Å². The predicted molar refractivity (Wildman–Crippen MR) is 86.9 cm³/mol. The number of nitrogen functional groups attached to an aromatic ring is 1. The maximum Gasteiger partial charge on any atom is 0.0424 e. The van der Waals surface area contributed by atoms with Crippen molar-refractivity contribution in [3.63, 3.8) is 0 Å². The molecule has 19 heavy (non-hydrogen) atoms. The third kappa shape index (κ3) is 3.53. The molecule has 102 valence electrons. The molecule has 0 saturated carbocycles. The van der Waals surface area contributed by atoms with E-state index in [2.05, 4.69) is 30.2 Å². The Labute approximate surface area is 119 Å². The molecule has 4 heteroatoms. The van der Waals surface area contributed by atoms with Gasteiger partial charge in [0.25, 0.3) is 0 Å². The molecule has 0 bridgehead atoms. The van der Waals surface area contributed by atoms with E-state index in [0.717, 1.165) is 28.6 Å². The number of thioether (sulfide) groups is 1. The number of anilines is 2. The number of pyridine rings is 1. The highest BCUT2D eigenvalue weighted by atomic mass is 32.2. The molecule has 1 aromatic carbocycles. The van der Waals surface area contributed by atoms with E-state index in [1.165, 1.54) is 11.5 Å². The molecule has 2 rings (SSSR count). The molecule has 1 heterocycles. The van der Waals surface area contributed by atoms with Gasteiger partial charge >= 0.3 is 0 Å². The Hall–Kier alpha value is -1.42. The van der Waals surface area contributed by atoms with Gasteiger partial charge in [-0.3, -0.25) is 4.98 Å². The first-order chi connectivity index (χ1) is 9.22. The van der Waals surface area contributed by atoms with Gasteiger partial charge in [-0.05, 0) is 43.0 Å². The summed E-state index contributed by atoms with van der Waals surface area (Å²) in [6, 6.07) is 6.47. The standard InChI is InChI=1S/C15H21N3S/c1-3-19-9-7-11(2)18-15-5-4-14(16)13-10-17-8-6-12(13)15/h4-6,8,10-11,18H,3,7,9,16H2,1-2H3. The highest BCUT2D eigenvalue weighted by Gasteiger charge is 2.07. The zero-order chi connectivity index (χ0) is 13.7. The third-order valence-electron chi connectivity index (χ3n) is 3.15. The van der Waals surface area contributed by atoms with E-state index in [4.69, 9.17) is 5.73 Å². The number of nitrogens with two attached hydrogens (primary N) is 1. The zero-order valence-corrected chi connectivity index (χ0v) is 12.3. The van der Waals surface area contributed by atoms with Crippen LogP contribution in [-0.4, -0.2) is 22.5 Å². The van der Waals surface area contributed by atoms with Gasteiger partial charge in [-0.2, -0.15) is 11.8 Å². The fourth-order valence-electron chi connectivity index (χ4n) is 2.08. The van der Waals surface area contributed by atoms with Crippen molar-refractivity contribution in [2.24, 2.45) is 0 Å². The molecule has 3 N–H and O–H groups in total. The highest BCUT2D eigenvalue weighted by Crippen LogP contribution is 2.28. The van der Waals surface area contributed by atoms with E-state index < -0.39 is 0 Å². The lowest BCUT2D eigenvalue weighted by molar-refractivity contribution is 0.773. The summed E-state index contributed by atoms with van der Waals surface area (Å²) in [7, 11) is 0. The lowest BCUT2D eigenvalue weighted by atomic mass is 10.1. The summed E-state index contributed by atoms with van der Waals surface area (Å²) in [4.78, 5) is 4.14. The van der Waals surface area contributed by atoms with Crippen LogP contribution in [-0.2, 0) is 0 Å². The monoisotopic (exact) mass is 275 g/mol. The second-order valence-electron chi connectivity index (χ2n) is 4.65. The topological polar surface area (TPSA) is 50.9 Å². The molecule has 0 aliphatic heterocycles. The van der Waals surface area contributed by atoms with E-state index in [1.54, 1.807) is 0 Å². The van der Waals surface area contributed by atoms with Crippen molar-refractivity contribution in [2.45, 2.75) is 26.3 Å². The molecule has 0 aliphatic carbocycles. The molecule has 0 fully saturated rings. The first-order valence-corrected chi connectivity index (χ1v) is 7.84. The van der Waals surface area contributed by atoms with Crippen molar-refractivity contribution < 1.29 is 0 Å². The minimum Gasteiger partial charge on any atom is -0.398 e. The maximum absolute atomic E-state index is 5.98. The van der Waals surface area contributed by atoms with Crippen LogP contribution in [0.1, 0.15) is 20.3 Å². The number of nitrogens with zero attached hydrogens (tertiary/aromatic N) is 1. The van der Waals surface area contributed by atoms with Crippen molar-refractivity contribution in [3.8, 4) is 0 Å². The molecular weight excluding hydrogens is 254 g/mol. The van der Waals surface area contributed by atoms with Crippen LogP contribution >= 0.6 is 11.8 Å². The summed E-state index contributed by atoms with van der Waals surface area (Å²) in [6.45, 7) is 4.42. The highest BCUT2D eigenvalue weighted by molar-refractivity contribution is 7.99. The summed E-state index contributed by atoms with van der Waals surface area (Å²) >= 11 is 1.98.